The summed E-state index contributed by atoms with van der Waals surface area (Å²) < 4.78 is 49.8. The quantitative estimate of drug-likeness (QED) is 0.345. The van der Waals surface area contributed by atoms with E-state index < -0.39 is 48.0 Å². The van der Waals surface area contributed by atoms with Crippen molar-refractivity contribution in [2.45, 2.75) is 0 Å². The Morgan fingerprint density at radius 1 is 0.741 bits per heavy atom. The molecule has 0 aliphatic carbocycles. The van der Waals surface area contributed by atoms with Gasteiger partial charge in [0, 0.05) is 23.3 Å². The molecule has 0 aromatic heterocycles. The predicted octanol–water partition coefficient (Wildman–Crippen LogP) is 2.78. The second-order valence-corrected chi connectivity index (χ2v) is 4.23. The van der Waals surface area contributed by atoms with Crippen LogP contribution in [-0.4, -0.2) is 35.0 Å². The summed E-state index contributed by atoms with van der Waals surface area (Å²) in [4.78, 5) is 21.4. The molecule has 4 nitrogen and oxygen atoms in total. The molecule has 0 radical (unpaired) electrons. The topological polar surface area (TPSA) is 74.6 Å². The van der Waals surface area contributed by atoms with E-state index in [1.807, 2.05) is 0 Å². The molecule has 0 atom stereocenters. The fourth-order valence-corrected chi connectivity index (χ4v) is 1.49. The first-order valence-corrected chi connectivity index (χ1v) is 6.33. The van der Waals surface area contributed by atoms with Gasteiger partial charge in [-0.05, 0) is 0 Å². The van der Waals surface area contributed by atoms with Gasteiger partial charge in [-0.15, -0.1) is 24.3 Å². The number of aliphatic hydroxyl groups excluding tert-OH is 2. The molecule has 27 heavy (non-hydrogen) atoms. The first-order chi connectivity index (χ1) is 11.3. The van der Waals surface area contributed by atoms with Crippen molar-refractivity contribution >= 4 is 11.6 Å². The molecule has 2 rings (SSSR count). The molecule has 9 heteroatoms. The van der Waals surface area contributed by atoms with Crippen molar-refractivity contribution in [1.82, 2.24) is 0 Å². The number of benzene rings is 2. The Balaban J connectivity index is -0.000000384. The molecule has 0 fully saturated rings. The van der Waals surface area contributed by atoms with Gasteiger partial charge in [0.25, 0.3) is 0 Å². The van der Waals surface area contributed by atoms with Crippen LogP contribution in [0.25, 0.3) is 0 Å². The molecule has 0 bridgehead atoms. The molecule has 144 valence electrons. The van der Waals surface area contributed by atoms with Crippen molar-refractivity contribution in [2.75, 3.05) is 13.2 Å². The second kappa shape index (κ2) is 14.2. The van der Waals surface area contributed by atoms with E-state index in [4.69, 9.17) is 10.2 Å². The van der Waals surface area contributed by atoms with E-state index >= 15 is 0 Å². The van der Waals surface area contributed by atoms with Gasteiger partial charge in [0.15, 0.2) is 0 Å². The molecule has 0 saturated heterocycles. The van der Waals surface area contributed by atoms with E-state index in [1.54, 1.807) is 12.1 Å². The van der Waals surface area contributed by atoms with Crippen molar-refractivity contribution < 1.29 is 59.1 Å². The Morgan fingerprint density at radius 3 is 1.26 bits per heavy atom. The van der Waals surface area contributed by atoms with Gasteiger partial charge >= 0.3 is 21.7 Å². The largest absolute Gasteiger partial charge is 4.00 e. The van der Waals surface area contributed by atoms with Gasteiger partial charge in [-0.1, -0.05) is 11.1 Å². The van der Waals surface area contributed by atoms with Gasteiger partial charge in [0.2, 0.25) is 0 Å². The normalized spacial score (nSPS) is 8.81. The number of rotatable bonds is 4. The number of ketones is 2. The number of halogens is 4. The maximum Gasteiger partial charge on any atom is 4.00 e. The zero-order valence-corrected chi connectivity index (χ0v) is 16.0. The molecule has 0 spiro atoms. The maximum absolute atomic E-state index is 12.7. The van der Waals surface area contributed by atoms with Crippen LogP contribution in [0.4, 0.5) is 17.6 Å². The summed E-state index contributed by atoms with van der Waals surface area (Å²) >= 11 is 0. The van der Waals surface area contributed by atoms with Crippen LogP contribution in [0.2, 0.25) is 0 Å². The Hall–Kier alpha value is -1.87. The van der Waals surface area contributed by atoms with Gasteiger partial charge in [-0.25, -0.2) is 17.6 Å². The van der Waals surface area contributed by atoms with Crippen LogP contribution in [0.5, 0.6) is 0 Å². The minimum Gasteiger partial charge on any atom is -0.389 e. The van der Waals surface area contributed by atoms with Crippen molar-refractivity contribution in [3.8, 4) is 0 Å². The number of Topliss-reactive ketones (excluding diaryl/α,β-unsaturated/α-hetero) is 2. The zero-order chi connectivity index (χ0) is 18.3. The van der Waals surface area contributed by atoms with Gasteiger partial charge in [-0.3, -0.25) is 0 Å². The van der Waals surface area contributed by atoms with E-state index in [0.29, 0.717) is 0 Å². The van der Waals surface area contributed by atoms with Gasteiger partial charge in [0.1, 0.15) is 11.6 Å². The van der Waals surface area contributed by atoms with Gasteiger partial charge in [-0.2, -0.15) is 12.1 Å². The third-order valence-corrected chi connectivity index (χ3v) is 2.61. The second-order valence-electron chi connectivity index (χ2n) is 4.23. The van der Waals surface area contributed by atoms with E-state index in [2.05, 4.69) is 0 Å². The Morgan fingerprint density at radius 2 is 1.04 bits per heavy atom. The van der Waals surface area contributed by atoms with E-state index in [9.17, 15) is 27.2 Å². The molecule has 0 heterocycles. The first kappa shape index (κ1) is 29.9. The molecular weight excluding hydrogens is 404 g/mol. The van der Waals surface area contributed by atoms with E-state index in [0.717, 1.165) is 24.3 Å². The monoisotopic (exact) mass is 420 g/mol. The van der Waals surface area contributed by atoms with E-state index in [1.165, 1.54) is 0 Å². The summed E-state index contributed by atoms with van der Waals surface area (Å²) in [5.74, 6) is -5.47. The van der Waals surface area contributed by atoms with Crippen LogP contribution < -0.4 is 0 Å². The standard InChI is InChI=1S/2C8H5F2O2.2CH3.Ti/c2*9-5-1-2-6(7(10)3-5)8(12)4-11;;;/h2*1-2,11H,4H2;2*1H3;/q4*-1;+4. The first-order valence-electron chi connectivity index (χ1n) is 6.33. The number of carbonyl (C=O) groups excluding carboxylic acids is 2. The van der Waals surface area contributed by atoms with Gasteiger partial charge < -0.3 is 34.7 Å². The van der Waals surface area contributed by atoms with Crippen LogP contribution in [-0.2, 0) is 21.7 Å². The van der Waals surface area contributed by atoms with Crippen LogP contribution in [0.15, 0.2) is 24.3 Å². The van der Waals surface area contributed by atoms with Crippen LogP contribution >= 0.6 is 0 Å². The molecule has 2 N–H and O–H groups in total. The Kier molecular flexibility index (Phi) is 15.7. The summed E-state index contributed by atoms with van der Waals surface area (Å²) in [5, 5.41) is 16.7. The van der Waals surface area contributed by atoms with Crippen LogP contribution in [0.3, 0.4) is 0 Å². The number of carbonyl (C=O) groups is 2. The molecule has 2 aromatic rings. The van der Waals surface area contributed by atoms with Crippen molar-refractivity contribution in [2.24, 2.45) is 0 Å². The average molecular weight is 420 g/mol. The molecule has 0 saturated carbocycles. The summed E-state index contributed by atoms with van der Waals surface area (Å²) in [5.41, 5.74) is -0.696. The smallest absolute Gasteiger partial charge is 0.389 e. The molecule has 2 aromatic carbocycles. The maximum atomic E-state index is 12.7. The molecular formula is C18H16F4O4Ti. The summed E-state index contributed by atoms with van der Waals surface area (Å²) in [7, 11) is 0. The number of hydrogen-bond donors (Lipinski definition) is 2. The van der Waals surface area contributed by atoms with Crippen molar-refractivity contribution in [3.63, 3.8) is 0 Å². The van der Waals surface area contributed by atoms with Crippen molar-refractivity contribution in [1.29, 1.82) is 0 Å². The molecule has 0 unspecified atom stereocenters. The number of hydrogen-bond acceptors (Lipinski definition) is 4. The zero-order valence-electron chi connectivity index (χ0n) is 14.4. The SMILES string of the molecule is O=C(CO)c1ccc(F)[c-]c1F.O=C(CO)c1ccc(F)[c-]c1F.[CH3-].[CH3-].[Ti+4]. The minimum atomic E-state index is -1.07. The third-order valence-electron chi connectivity index (χ3n) is 2.61. The van der Waals surface area contributed by atoms with Crippen molar-refractivity contribution in [3.05, 3.63) is 85.6 Å². The summed E-state index contributed by atoms with van der Waals surface area (Å²) in [6.07, 6.45) is 0. The molecule has 0 aliphatic rings. The fraction of sp³-hybridized carbons (Fsp3) is 0.111. The fourth-order valence-electron chi connectivity index (χ4n) is 1.49. The number of aliphatic hydroxyl groups is 2. The van der Waals surface area contributed by atoms with E-state index in [-0.39, 0.29) is 47.7 Å². The minimum absolute atomic E-state index is 0. The predicted molar refractivity (Wildman–Crippen MR) is 86.0 cm³/mol. The average Bonchev–Trinajstić information content (AvgIpc) is 2.54. The summed E-state index contributed by atoms with van der Waals surface area (Å²) in [6, 6.07) is 7.14. The van der Waals surface area contributed by atoms with Crippen LogP contribution in [0.1, 0.15) is 20.7 Å². The van der Waals surface area contributed by atoms with Gasteiger partial charge in [0.05, 0.1) is 13.2 Å². The summed E-state index contributed by atoms with van der Waals surface area (Å²) in [6.45, 7) is -1.59. The Labute approximate surface area is 169 Å². The third kappa shape index (κ3) is 9.06. The van der Waals surface area contributed by atoms with Crippen LogP contribution in [0, 0.1) is 50.3 Å². The molecule has 0 amide bonds. The Bertz CT molecular complexity index is 691. The molecule has 0 aliphatic heterocycles.